The molecule has 2 aromatic heterocycles. The molecular formula is C20H23N5O. The summed E-state index contributed by atoms with van der Waals surface area (Å²) in [6.45, 7) is 6.20. The van der Waals surface area contributed by atoms with E-state index >= 15 is 0 Å². The number of nitrogens with zero attached hydrogens (tertiary/aromatic N) is 4. The molecule has 1 aromatic carbocycles. The molecule has 0 radical (unpaired) electrons. The largest absolute Gasteiger partial charge is 0.360 e. The Morgan fingerprint density at radius 2 is 2.00 bits per heavy atom. The number of rotatable bonds is 4. The van der Waals surface area contributed by atoms with E-state index in [9.17, 15) is 0 Å². The minimum Gasteiger partial charge on any atom is -0.360 e. The second-order valence-electron chi connectivity index (χ2n) is 6.94. The molecule has 0 spiro atoms. The summed E-state index contributed by atoms with van der Waals surface area (Å²) < 4.78 is 5.13. The number of nitrogens with one attached hydrogen (secondary N) is 1. The van der Waals surface area contributed by atoms with Gasteiger partial charge in [0, 0.05) is 30.8 Å². The fourth-order valence-electron chi connectivity index (χ4n) is 3.35. The Kier molecular flexibility index (Phi) is 4.56. The van der Waals surface area contributed by atoms with Crippen LogP contribution in [0.1, 0.15) is 25.5 Å². The van der Waals surface area contributed by atoms with Crippen molar-refractivity contribution >= 4 is 17.6 Å². The first-order chi connectivity index (χ1) is 12.7. The SMILES string of the molecule is Cc1cc(Nc2nc(-c3ccccc3)cc(N3CCCC(C)C3)n2)no1. The molecule has 0 saturated carbocycles. The van der Waals surface area contributed by atoms with E-state index in [1.54, 1.807) is 0 Å². The highest BCUT2D eigenvalue weighted by molar-refractivity contribution is 5.66. The van der Waals surface area contributed by atoms with Crippen molar-refractivity contribution < 1.29 is 4.52 Å². The van der Waals surface area contributed by atoms with Crippen LogP contribution in [0.4, 0.5) is 17.6 Å². The molecular weight excluding hydrogens is 326 g/mol. The molecule has 1 aliphatic heterocycles. The molecule has 26 heavy (non-hydrogen) atoms. The summed E-state index contributed by atoms with van der Waals surface area (Å²) in [6, 6.07) is 14.1. The summed E-state index contributed by atoms with van der Waals surface area (Å²) in [6.07, 6.45) is 2.47. The Balaban J connectivity index is 1.71. The molecule has 6 nitrogen and oxygen atoms in total. The van der Waals surface area contributed by atoms with Crippen LogP contribution >= 0.6 is 0 Å². The zero-order valence-corrected chi connectivity index (χ0v) is 15.1. The summed E-state index contributed by atoms with van der Waals surface area (Å²) in [5.74, 6) is 3.52. The fourth-order valence-corrected chi connectivity index (χ4v) is 3.35. The van der Waals surface area contributed by atoms with E-state index in [2.05, 4.69) is 40.5 Å². The molecule has 0 bridgehead atoms. The third kappa shape index (κ3) is 3.69. The predicted octanol–water partition coefficient (Wildman–Crippen LogP) is 4.42. The molecule has 0 amide bonds. The van der Waals surface area contributed by atoms with Gasteiger partial charge in [-0.2, -0.15) is 4.98 Å². The van der Waals surface area contributed by atoms with Gasteiger partial charge in [0.1, 0.15) is 11.6 Å². The maximum Gasteiger partial charge on any atom is 0.231 e. The van der Waals surface area contributed by atoms with E-state index < -0.39 is 0 Å². The van der Waals surface area contributed by atoms with E-state index in [0.29, 0.717) is 17.7 Å². The Hall–Kier alpha value is -2.89. The summed E-state index contributed by atoms with van der Waals surface area (Å²) in [5.41, 5.74) is 1.97. The van der Waals surface area contributed by atoms with Gasteiger partial charge in [0.15, 0.2) is 5.82 Å². The zero-order valence-electron chi connectivity index (χ0n) is 15.1. The van der Waals surface area contributed by atoms with Gasteiger partial charge >= 0.3 is 0 Å². The second kappa shape index (κ2) is 7.15. The molecule has 4 rings (SSSR count). The van der Waals surface area contributed by atoms with Gasteiger partial charge in [0.05, 0.1) is 5.69 Å². The first-order valence-electron chi connectivity index (χ1n) is 9.07. The van der Waals surface area contributed by atoms with E-state index in [1.165, 1.54) is 12.8 Å². The monoisotopic (exact) mass is 349 g/mol. The summed E-state index contributed by atoms with van der Waals surface area (Å²) in [4.78, 5) is 11.8. The van der Waals surface area contributed by atoms with Crippen molar-refractivity contribution in [2.45, 2.75) is 26.7 Å². The van der Waals surface area contributed by atoms with E-state index in [1.807, 2.05) is 31.2 Å². The average Bonchev–Trinajstić information content (AvgIpc) is 3.07. The number of benzene rings is 1. The number of hydrogen-bond donors (Lipinski definition) is 1. The normalized spacial score (nSPS) is 17.3. The number of hydrogen-bond acceptors (Lipinski definition) is 6. The molecule has 1 unspecified atom stereocenters. The molecule has 134 valence electrons. The molecule has 3 aromatic rings. The number of piperidine rings is 1. The van der Waals surface area contributed by atoms with Crippen LogP contribution in [0.2, 0.25) is 0 Å². The minimum absolute atomic E-state index is 0.535. The molecule has 6 heteroatoms. The summed E-state index contributed by atoms with van der Waals surface area (Å²) >= 11 is 0. The van der Waals surface area contributed by atoms with Crippen molar-refractivity contribution in [3.05, 3.63) is 48.2 Å². The Labute approximate surface area is 153 Å². The lowest BCUT2D eigenvalue weighted by Crippen LogP contribution is -2.35. The van der Waals surface area contributed by atoms with Gasteiger partial charge in [-0.1, -0.05) is 42.4 Å². The van der Waals surface area contributed by atoms with Crippen LogP contribution in [0.5, 0.6) is 0 Å². The average molecular weight is 349 g/mol. The van der Waals surface area contributed by atoms with E-state index in [4.69, 9.17) is 14.5 Å². The van der Waals surface area contributed by atoms with Gasteiger partial charge in [0.25, 0.3) is 0 Å². The highest BCUT2D eigenvalue weighted by Gasteiger charge is 2.19. The Bertz CT molecular complexity index is 877. The van der Waals surface area contributed by atoms with Gasteiger partial charge in [-0.05, 0) is 25.7 Å². The predicted molar refractivity (Wildman–Crippen MR) is 103 cm³/mol. The third-order valence-corrected chi connectivity index (χ3v) is 4.63. The lowest BCUT2D eigenvalue weighted by Gasteiger charge is -2.32. The van der Waals surface area contributed by atoms with Gasteiger partial charge in [-0.15, -0.1) is 0 Å². The van der Waals surface area contributed by atoms with E-state index in [-0.39, 0.29) is 0 Å². The quantitative estimate of drug-likeness (QED) is 0.752. The molecule has 1 fully saturated rings. The maximum absolute atomic E-state index is 5.13. The van der Waals surface area contributed by atoms with Crippen molar-refractivity contribution in [2.24, 2.45) is 5.92 Å². The van der Waals surface area contributed by atoms with Crippen molar-refractivity contribution in [2.75, 3.05) is 23.3 Å². The van der Waals surface area contributed by atoms with Crippen LogP contribution in [0.25, 0.3) is 11.3 Å². The maximum atomic E-state index is 5.13. The van der Waals surface area contributed by atoms with Crippen LogP contribution in [0.3, 0.4) is 0 Å². The van der Waals surface area contributed by atoms with Crippen LogP contribution < -0.4 is 10.2 Å². The lowest BCUT2D eigenvalue weighted by molar-refractivity contribution is 0.400. The van der Waals surface area contributed by atoms with Gasteiger partial charge in [-0.3, -0.25) is 0 Å². The standard InChI is InChI=1S/C20H23N5O/c1-14-7-6-10-25(13-14)19-12-17(16-8-4-3-5-9-16)21-20(23-19)22-18-11-15(2)26-24-18/h3-5,8-9,11-12,14H,6-7,10,13H2,1-2H3,(H,21,22,23,24). The molecule has 1 atom stereocenters. The zero-order chi connectivity index (χ0) is 17.9. The summed E-state index contributed by atoms with van der Waals surface area (Å²) in [7, 11) is 0. The van der Waals surface area contributed by atoms with Crippen molar-refractivity contribution in [1.82, 2.24) is 15.1 Å². The van der Waals surface area contributed by atoms with Crippen LogP contribution in [-0.2, 0) is 0 Å². The van der Waals surface area contributed by atoms with Crippen molar-refractivity contribution in [3.8, 4) is 11.3 Å². The summed E-state index contributed by atoms with van der Waals surface area (Å²) in [5, 5.41) is 7.16. The molecule has 1 N–H and O–H groups in total. The lowest BCUT2D eigenvalue weighted by atomic mass is 10.0. The highest BCUT2D eigenvalue weighted by Crippen LogP contribution is 2.27. The molecule has 0 aliphatic carbocycles. The molecule has 1 aliphatic rings. The first kappa shape index (κ1) is 16.6. The smallest absolute Gasteiger partial charge is 0.231 e. The topological polar surface area (TPSA) is 67.1 Å². The van der Waals surface area contributed by atoms with Gasteiger partial charge in [0.2, 0.25) is 5.95 Å². The Morgan fingerprint density at radius 1 is 1.15 bits per heavy atom. The highest BCUT2D eigenvalue weighted by atomic mass is 16.5. The van der Waals surface area contributed by atoms with Gasteiger partial charge in [-0.25, -0.2) is 4.98 Å². The number of aromatic nitrogens is 3. The van der Waals surface area contributed by atoms with Gasteiger partial charge < -0.3 is 14.7 Å². The third-order valence-electron chi connectivity index (χ3n) is 4.63. The van der Waals surface area contributed by atoms with Crippen LogP contribution in [-0.4, -0.2) is 28.2 Å². The second-order valence-corrected chi connectivity index (χ2v) is 6.94. The minimum atomic E-state index is 0.535. The fraction of sp³-hybridized carbons (Fsp3) is 0.350. The van der Waals surface area contributed by atoms with E-state index in [0.717, 1.165) is 35.9 Å². The van der Waals surface area contributed by atoms with Crippen molar-refractivity contribution in [1.29, 1.82) is 0 Å². The number of anilines is 3. The number of aryl methyl sites for hydroxylation is 1. The Morgan fingerprint density at radius 3 is 2.73 bits per heavy atom. The van der Waals surface area contributed by atoms with Crippen molar-refractivity contribution in [3.63, 3.8) is 0 Å². The van der Waals surface area contributed by atoms with Crippen LogP contribution in [0.15, 0.2) is 47.0 Å². The molecule has 1 saturated heterocycles. The first-order valence-corrected chi connectivity index (χ1v) is 9.07. The van der Waals surface area contributed by atoms with Crippen LogP contribution in [0, 0.1) is 12.8 Å². The molecule has 3 heterocycles.